The molecule has 1 saturated heterocycles. The molecule has 2 aromatic rings. The van der Waals surface area contributed by atoms with Gasteiger partial charge in [-0.2, -0.15) is 0 Å². The number of halogens is 2. The maximum atomic E-state index is 12.1. The second-order valence-electron chi connectivity index (χ2n) is 5.21. The Balaban J connectivity index is 2.03. The Kier molecular flexibility index (Phi) is 3.73. The van der Waals surface area contributed by atoms with Crippen LogP contribution < -0.4 is 11.1 Å². The first-order valence-electron chi connectivity index (χ1n) is 6.46. The number of rotatable bonds is 2. The van der Waals surface area contributed by atoms with Gasteiger partial charge < -0.3 is 19.6 Å². The predicted octanol–water partition coefficient (Wildman–Crippen LogP) is 1.72. The lowest BCUT2D eigenvalue weighted by atomic mass is 10.0. The molecule has 9 heteroatoms. The quantitative estimate of drug-likeness (QED) is 0.766. The molecule has 2 heterocycles. The van der Waals surface area contributed by atoms with E-state index in [1.165, 1.54) is 9.47 Å². The Labute approximate surface area is 137 Å². The smallest absolute Gasteiger partial charge is 0.407 e. The number of nitrogens with one attached hydrogen (secondary N) is 1. The van der Waals surface area contributed by atoms with Crippen LogP contribution in [0.5, 0.6) is 0 Å². The minimum atomic E-state index is -0.980. The van der Waals surface area contributed by atoms with Gasteiger partial charge in [0, 0.05) is 30.0 Å². The van der Waals surface area contributed by atoms with Crippen molar-refractivity contribution in [2.75, 3.05) is 13.1 Å². The van der Waals surface area contributed by atoms with Crippen molar-refractivity contribution in [3.8, 4) is 0 Å². The normalized spacial score (nSPS) is 15.1. The van der Waals surface area contributed by atoms with Gasteiger partial charge in [-0.05, 0) is 28.1 Å². The topological polar surface area (TPSA) is 95.4 Å². The van der Waals surface area contributed by atoms with Crippen LogP contribution in [0.4, 0.5) is 4.79 Å². The molecule has 2 N–H and O–H groups in total. The molecule has 22 heavy (non-hydrogen) atoms. The Morgan fingerprint density at radius 2 is 2.09 bits per heavy atom. The fourth-order valence-electron chi connectivity index (χ4n) is 2.55. The summed E-state index contributed by atoms with van der Waals surface area (Å²) in [6, 6.07) is 3.24. The van der Waals surface area contributed by atoms with Crippen molar-refractivity contribution in [1.29, 1.82) is 0 Å². The van der Waals surface area contributed by atoms with Gasteiger partial charge >= 0.3 is 17.2 Å². The predicted molar refractivity (Wildman–Crippen MR) is 84.6 cm³/mol. The van der Waals surface area contributed by atoms with E-state index in [2.05, 4.69) is 20.9 Å². The van der Waals surface area contributed by atoms with E-state index in [4.69, 9.17) is 16.7 Å². The van der Waals surface area contributed by atoms with Crippen LogP contribution in [-0.2, 0) is 6.54 Å². The van der Waals surface area contributed by atoms with Crippen LogP contribution >= 0.6 is 27.5 Å². The van der Waals surface area contributed by atoms with E-state index < -0.39 is 17.2 Å². The maximum absolute atomic E-state index is 12.1. The molecule has 1 aromatic heterocycles. The number of aromatic amines is 1. The maximum Gasteiger partial charge on any atom is 0.407 e. The molecule has 0 aliphatic carbocycles. The van der Waals surface area contributed by atoms with Crippen molar-refractivity contribution in [1.82, 2.24) is 14.5 Å². The lowest BCUT2D eigenvalue weighted by Gasteiger charge is -2.37. The number of aromatic nitrogens is 2. The lowest BCUT2D eigenvalue weighted by Crippen LogP contribution is -2.52. The molecular weight excluding hydrogens is 378 g/mol. The summed E-state index contributed by atoms with van der Waals surface area (Å²) in [5.41, 5.74) is -0.363. The van der Waals surface area contributed by atoms with E-state index in [0.717, 1.165) is 0 Å². The number of H-pyrrole nitrogens is 1. The van der Waals surface area contributed by atoms with Crippen molar-refractivity contribution >= 4 is 44.7 Å². The summed E-state index contributed by atoms with van der Waals surface area (Å²) < 4.78 is 1.97. The molecule has 1 fully saturated rings. The summed E-state index contributed by atoms with van der Waals surface area (Å²) in [5, 5.41) is 9.26. The summed E-state index contributed by atoms with van der Waals surface area (Å²) in [6.07, 6.45) is -0.980. The second kappa shape index (κ2) is 5.44. The zero-order valence-electron chi connectivity index (χ0n) is 11.2. The molecule has 3 rings (SSSR count). The third-order valence-corrected chi connectivity index (χ3v) is 4.88. The summed E-state index contributed by atoms with van der Waals surface area (Å²) in [4.78, 5) is 38.4. The van der Waals surface area contributed by atoms with Crippen molar-refractivity contribution in [2.45, 2.75) is 6.54 Å². The van der Waals surface area contributed by atoms with Gasteiger partial charge in [0.2, 0.25) is 0 Å². The number of hydrogen-bond acceptors (Lipinski definition) is 3. The van der Waals surface area contributed by atoms with Crippen LogP contribution in [0, 0.1) is 5.92 Å². The van der Waals surface area contributed by atoms with E-state index in [1.54, 1.807) is 12.1 Å². The summed E-state index contributed by atoms with van der Waals surface area (Å²) in [6.45, 7) is 0.974. The molecule has 0 unspecified atom stereocenters. The van der Waals surface area contributed by atoms with E-state index in [9.17, 15) is 14.4 Å². The number of amides is 1. The minimum Gasteiger partial charge on any atom is -0.465 e. The van der Waals surface area contributed by atoms with E-state index >= 15 is 0 Å². The Hall–Kier alpha value is -1.80. The molecule has 116 valence electrons. The van der Waals surface area contributed by atoms with Gasteiger partial charge in [0.25, 0.3) is 0 Å². The highest BCUT2D eigenvalue weighted by molar-refractivity contribution is 9.10. The van der Waals surface area contributed by atoms with Crippen molar-refractivity contribution in [2.24, 2.45) is 5.92 Å². The molecule has 1 aromatic carbocycles. The fourth-order valence-corrected chi connectivity index (χ4v) is 3.05. The van der Waals surface area contributed by atoms with Crippen LogP contribution in [0.25, 0.3) is 11.0 Å². The van der Waals surface area contributed by atoms with Gasteiger partial charge in [0.1, 0.15) is 0 Å². The zero-order chi connectivity index (χ0) is 16.0. The Morgan fingerprint density at radius 3 is 2.73 bits per heavy atom. The fraction of sp³-hybridized carbons (Fsp3) is 0.308. The lowest BCUT2D eigenvalue weighted by molar-refractivity contribution is 0.0748. The minimum absolute atomic E-state index is 0.00113. The van der Waals surface area contributed by atoms with E-state index in [0.29, 0.717) is 33.6 Å². The average molecular weight is 389 g/mol. The number of benzene rings is 1. The average Bonchev–Trinajstić information content (AvgIpc) is 2.39. The van der Waals surface area contributed by atoms with Gasteiger partial charge in [0.05, 0.1) is 16.1 Å². The van der Waals surface area contributed by atoms with E-state index in [-0.39, 0.29) is 12.5 Å². The monoisotopic (exact) mass is 387 g/mol. The number of carboxylic acid groups (broad SMARTS) is 1. The zero-order valence-corrected chi connectivity index (χ0v) is 13.5. The molecule has 0 saturated carbocycles. The summed E-state index contributed by atoms with van der Waals surface area (Å²) in [5.74, 6) is 0.00113. The largest absolute Gasteiger partial charge is 0.465 e. The van der Waals surface area contributed by atoms with Crippen LogP contribution in [0.15, 0.2) is 26.2 Å². The highest BCUT2D eigenvalue weighted by atomic mass is 79.9. The number of likely N-dealkylation sites (tertiary alicyclic amines) is 1. The Bertz CT molecular complexity index is 885. The third-order valence-electron chi connectivity index (χ3n) is 3.69. The first-order chi connectivity index (χ1) is 10.4. The molecule has 1 amide bonds. The standard InChI is InChI=1S/C13H11BrClN3O4/c14-7-1-9-10(2-8(7)15)18(12(20)11(19)16-9)5-6-3-17(4-6)13(21)22/h1-2,6H,3-5H2,(H,16,19)(H,21,22). The summed E-state index contributed by atoms with van der Waals surface area (Å²) >= 11 is 9.33. The number of carbonyl (C=O) groups is 1. The molecule has 0 radical (unpaired) electrons. The SMILES string of the molecule is O=C(O)N1CC(Cn2c(=O)c(=O)[nH]c3cc(Br)c(Cl)cc32)C1. The van der Waals surface area contributed by atoms with Gasteiger partial charge in [0.15, 0.2) is 0 Å². The highest BCUT2D eigenvalue weighted by Crippen LogP contribution is 2.27. The van der Waals surface area contributed by atoms with Gasteiger partial charge in [-0.1, -0.05) is 11.6 Å². The van der Waals surface area contributed by atoms with Crippen LogP contribution in [-0.4, -0.2) is 38.7 Å². The van der Waals surface area contributed by atoms with Crippen molar-refractivity contribution in [3.05, 3.63) is 42.3 Å². The van der Waals surface area contributed by atoms with Crippen LogP contribution in [0.1, 0.15) is 0 Å². The molecular formula is C13H11BrClN3O4. The molecule has 0 spiro atoms. The Morgan fingerprint density at radius 1 is 1.41 bits per heavy atom. The van der Waals surface area contributed by atoms with Crippen molar-refractivity contribution < 1.29 is 9.90 Å². The number of hydrogen-bond donors (Lipinski definition) is 2. The van der Waals surface area contributed by atoms with Gasteiger partial charge in [-0.25, -0.2) is 4.79 Å². The van der Waals surface area contributed by atoms with Crippen molar-refractivity contribution in [3.63, 3.8) is 0 Å². The first-order valence-corrected chi connectivity index (χ1v) is 7.63. The molecule has 0 bridgehead atoms. The molecule has 1 aliphatic heterocycles. The second-order valence-corrected chi connectivity index (χ2v) is 6.47. The molecule has 1 aliphatic rings. The van der Waals surface area contributed by atoms with Crippen LogP contribution in [0.3, 0.4) is 0 Å². The number of fused-ring (bicyclic) bond motifs is 1. The molecule has 7 nitrogen and oxygen atoms in total. The van der Waals surface area contributed by atoms with Gasteiger partial charge in [-0.15, -0.1) is 0 Å². The van der Waals surface area contributed by atoms with Gasteiger partial charge in [-0.3, -0.25) is 9.59 Å². The van der Waals surface area contributed by atoms with Crippen LogP contribution in [0.2, 0.25) is 5.02 Å². The first kappa shape index (κ1) is 15.1. The third kappa shape index (κ3) is 2.52. The summed E-state index contributed by atoms with van der Waals surface area (Å²) in [7, 11) is 0. The van der Waals surface area contributed by atoms with E-state index in [1.807, 2.05) is 0 Å². The number of nitrogens with zero attached hydrogens (tertiary/aromatic N) is 2. The molecule has 0 atom stereocenters. The highest BCUT2D eigenvalue weighted by Gasteiger charge is 2.31.